The first-order chi connectivity index (χ1) is 13.1. The Morgan fingerprint density at radius 2 is 1.86 bits per heavy atom. The second-order valence-corrected chi connectivity index (χ2v) is 10.2. The van der Waals surface area contributed by atoms with Gasteiger partial charge in [0, 0.05) is 6.07 Å². The van der Waals surface area contributed by atoms with Crippen LogP contribution in [0.25, 0.3) is 15.9 Å². The fourth-order valence-corrected chi connectivity index (χ4v) is 5.57. The van der Waals surface area contributed by atoms with Gasteiger partial charge in [0.2, 0.25) is 14.2 Å². The second-order valence-electron chi connectivity index (χ2n) is 6.50. The van der Waals surface area contributed by atoms with Crippen molar-refractivity contribution in [3.05, 3.63) is 45.7 Å². The highest BCUT2D eigenvalue weighted by atomic mass is 32.2. The minimum absolute atomic E-state index is 0.00565. The van der Waals surface area contributed by atoms with E-state index in [0.717, 1.165) is 22.0 Å². The van der Waals surface area contributed by atoms with Crippen LogP contribution in [0.15, 0.2) is 33.4 Å². The molecule has 0 atom stereocenters. The SMILES string of the molecule is CC(C)S(=O)(=O)c1nc2ccc(-n3c(N)c4c(cc3=O)C(=O)NC4=O)cc2s1. The number of nitrogens with one attached hydrogen (secondary N) is 1. The number of imide groups is 1. The van der Waals surface area contributed by atoms with E-state index < -0.39 is 32.5 Å². The molecule has 0 saturated heterocycles. The third-order valence-corrected chi connectivity index (χ3v) is 8.01. The molecule has 4 rings (SSSR count). The van der Waals surface area contributed by atoms with Gasteiger partial charge >= 0.3 is 0 Å². The molecule has 0 bridgehead atoms. The van der Waals surface area contributed by atoms with Crippen molar-refractivity contribution in [2.24, 2.45) is 0 Å². The zero-order valence-corrected chi connectivity index (χ0v) is 16.3. The van der Waals surface area contributed by atoms with Gasteiger partial charge in [0.1, 0.15) is 5.82 Å². The van der Waals surface area contributed by atoms with E-state index in [2.05, 4.69) is 10.3 Å². The number of nitrogens with two attached hydrogens (primary N) is 1. The number of benzene rings is 1. The summed E-state index contributed by atoms with van der Waals surface area (Å²) in [5, 5.41) is 1.49. The Morgan fingerprint density at radius 1 is 1.14 bits per heavy atom. The standard InChI is InChI=1S/C17H14N4O5S2/c1-7(2)28(25,26)17-19-10-4-3-8(5-11(10)27-17)21-12(22)6-9-13(14(21)18)16(24)20-15(9)23/h3-7H,18H2,1-2H3,(H,20,23,24). The number of amides is 2. The Balaban J connectivity index is 1.92. The maximum atomic E-state index is 12.5. The minimum Gasteiger partial charge on any atom is -0.384 e. The van der Waals surface area contributed by atoms with Crippen molar-refractivity contribution in [2.75, 3.05) is 5.73 Å². The lowest BCUT2D eigenvalue weighted by molar-refractivity contribution is 0.0880. The Bertz CT molecular complexity index is 1350. The van der Waals surface area contributed by atoms with E-state index in [1.807, 2.05) is 0 Å². The lowest BCUT2D eigenvalue weighted by Gasteiger charge is -2.11. The number of carbonyl (C=O) groups is 2. The van der Waals surface area contributed by atoms with Crippen molar-refractivity contribution < 1.29 is 18.0 Å². The number of aromatic nitrogens is 2. The Labute approximate surface area is 162 Å². The summed E-state index contributed by atoms with van der Waals surface area (Å²) in [4.78, 5) is 40.4. The molecule has 0 saturated carbocycles. The molecule has 9 nitrogen and oxygen atoms in total. The molecule has 3 aromatic rings. The van der Waals surface area contributed by atoms with Crippen LogP contribution >= 0.6 is 11.3 Å². The van der Waals surface area contributed by atoms with Crippen LogP contribution in [0.5, 0.6) is 0 Å². The molecule has 3 N–H and O–H groups in total. The molecule has 0 fully saturated rings. The smallest absolute Gasteiger partial charge is 0.262 e. The highest BCUT2D eigenvalue weighted by Crippen LogP contribution is 2.30. The summed E-state index contributed by atoms with van der Waals surface area (Å²) in [6, 6.07) is 5.75. The van der Waals surface area contributed by atoms with Crippen molar-refractivity contribution in [2.45, 2.75) is 23.4 Å². The first-order valence-electron chi connectivity index (χ1n) is 8.17. The van der Waals surface area contributed by atoms with Crippen LogP contribution in [0.2, 0.25) is 0 Å². The molecule has 28 heavy (non-hydrogen) atoms. The van der Waals surface area contributed by atoms with Crippen molar-refractivity contribution in [3.63, 3.8) is 0 Å². The summed E-state index contributed by atoms with van der Waals surface area (Å²) in [6.07, 6.45) is 0. The monoisotopic (exact) mass is 418 g/mol. The Morgan fingerprint density at radius 3 is 2.54 bits per heavy atom. The number of carbonyl (C=O) groups excluding carboxylic acids is 2. The van der Waals surface area contributed by atoms with Crippen LogP contribution in [-0.2, 0) is 9.84 Å². The van der Waals surface area contributed by atoms with Gasteiger partial charge in [0.05, 0.1) is 32.3 Å². The number of hydrogen-bond donors (Lipinski definition) is 2. The van der Waals surface area contributed by atoms with E-state index >= 15 is 0 Å². The molecular formula is C17H14N4O5S2. The topological polar surface area (TPSA) is 141 Å². The number of thiazole rings is 1. The van der Waals surface area contributed by atoms with Gasteiger partial charge in [-0.05, 0) is 32.0 Å². The van der Waals surface area contributed by atoms with Crippen LogP contribution in [0.4, 0.5) is 5.82 Å². The van der Waals surface area contributed by atoms with Gasteiger partial charge in [-0.25, -0.2) is 13.4 Å². The third kappa shape index (κ3) is 2.54. The predicted octanol–water partition coefficient (Wildman–Crippen LogP) is 1.10. The second kappa shape index (κ2) is 5.97. The lowest BCUT2D eigenvalue weighted by atomic mass is 10.1. The van der Waals surface area contributed by atoms with Crippen molar-refractivity contribution >= 4 is 49.0 Å². The Kier molecular flexibility index (Phi) is 3.91. The molecule has 2 aromatic heterocycles. The summed E-state index contributed by atoms with van der Waals surface area (Å²) < 4.78 is 26.4. The third-order valence-electron chi connectivity index (χ3n) is 4.43. The number of fused-ring (bicyclic) bond motifs is 2. The van der Waals surface area contributed by atoms with Gasteiger partial charge in [-0.15, -0.1) is 11.3 Å². The summed E-state index contributed by atoms with van der Waals surface area (Å²) in [6.45, 7) is 3.15. The highest BCUT2D eigenvalue weighted by molar-refractivity contribution is 7.94. The number of nitrogen functional groups attached to an aromatic ring is 1. The van der Waals surface area contributed by atoms with Crippen LogP contribution < -0.4 is 16.6 Å². The molecule has 0 unspecified atom stereocenters. The van der Waals surface area contributed by atoms with E-state index in [1.54, 1.807) is 32.0 Å². The quantitative estimate of drug-likeness (QED) is 0.607. The fourth-order valence-electron chi connectivity index (χ4n) is 2.90. The fraction of sp³-hybridized carbons (Fsp3) is 0.176. The first-order valence-corrected chi connectivity index (χ1v) is 10.5. The van der Waals surface area contributed by atoms with Gasteiger partial charge in [0.15, 0.2) is 0 Å². The first kappa shape index (κ1) is 18.3. The number of sulfone groups is 1. The molecule has 144 valence electrons. The van der Waals surface area contributed by atoms with E-state index in [0.29, 0.717) is 15.9 Å². The number of nitrogens with zero attached hydrogens (tertiary/aromatic N) is 2. The lowest BCUT2D eigenvalue weighted by Crippen LogP contribution is -2.24. The minimum atomic E-state index is -3.53. The highest BCUT2D eigenvalue weighted by Gasteiger charge is 2.32. The number of pyridine rings is 1. The molecular weight excluding hydrogens is 404 g/mol. The zero-order chi connectivity index (χ0) is 20.4. The molecule has 11 heteroatoms. The summed E-state index contributed by atoms with van der Waals surface area (Å²) >= 11 is 0.991. The van der Waals surface area contributed by atoms with E-state index in [9.17, 15) is 22.8 Å². The summed E-state index contributed by atoms with van der Waals surface area (Å²) in [5.74, 6) is -1.50. The average Bonchev–Trinajstić information content (AvgIpc) is 3.16. The number of rotatable bonds is 3. The number of anilines is 1. The summed E-state index contributed by atoms with van der Waals surface area (Å²) in [7, 11) is -3.53. The van der Waals surface area contributed by atoms with Crippen LogP contribution in [0, 0.1) is 0 Å². The Hall–Kier alpha value is -3.05. The maximum Gasteiger partial charge on any atom is 0.262 e. The molecule has 0 radical (unpaired) electrons. The van der Waals surface area contributed by atoms with Gasteiger partial charge in [-0.1, -0.05) is 0 Å². The van der Waals surface area contributed by atoms with Crippen LogP contribution in [-0.4, -0.2) is 35.0 Å². The van der Waals surface area contributed by atoms with Gasteiger partial charge in [-0.3, -0.25) is 24.3 Å². The molecule has 0 aliphatic carbocycles. The molecule has 2 amide bonds. The molecule has 1 aromatic carbocycles. The zero-order valence-electron chi connectivity index (χ0n) is 14.7. The van der Waals surface area contributed by atoms with Gasteiger partial charge in [0.25, 0.3) is 17.4 Å². The van der Waals surface area contributed by atoms with Gasteiger partial charge in [-0.2, -0.15) is 0 Å². The average molecular weight is 418 g/mol. The molecule has 0 spiro atoms. The van der Waals surface area contributed by atoms with E-state index in [1.165, 1.54) is 0 Å². The van der Waals surface area contributed by atoms with Crippen molar-refractivity contribution in [3.8, 4) is 5.69 Å². The van der Waals surface area contributed by atoms with Crippen molar-refractivity contribution in [1.82, 2.24) is 14.9 Å². The van der Waals surface area contributed by atoms with Crippen LogP contribution in [0.1, 0.15) is 34.6 Å². The largest absolute Gasteiger partial charge is 0.384 e. The van der Waals surface area contributed by atoms with E-state index in [4.69, 9.17) is 5.73 Å². The van der Waals surface area contributed by atoms with Crippen molar-refractivity contribution in [1.29, 1.82) is 0 Å². The van der Waals surface area contributed by atoms with Crippen LogP contribution in [0.3, 0.4) is 0 Å². The molecule has 3 heterocycles. The predicted molar refractivity (Wildman–Crippen MR) is 104 cm³/mol. The molecule has 1 aliphatic heterocycles. The summed E-state index contributed by atoms with van der Waals surface area (Å²) in [5.41, 5.74) is 6.12. The normalized spacial score (nSPS) is 14.0. The number of hydrogen-bond acceptors (Lipinski definition) is 8. The maximum absolute atomic E-state index is 12.5. The van der Waals surface area contributed by atoms with Gasteiger partial charge < -0.3 is 5.73 Å². The van der Waals surface area contributed by atoms with E-state index in [-0.39, 0.29) is 21.3 Å². The molecule has 1 aliphatic rings.